The quantitative estimate of drug-likeness (QED) is 0.0127. The summed E-state index contributed by atoms with van der Waals surface area (Å²) < 4.78 is 23.6. The fourth-order valence-corrected chi connectivity index (χ4v) is 10.2. The average Bonchev–Trinajstić information content (AvgIpc) is 3.57. The molecule has 69 heavy (non-hydrogen) atoms. The van der Waals surface area contributed by atoms with Crippen molar-refractivity contribution in [2.45, 2.75) is 271 Å². The first-order valence-corrected chi connectivity index (χ1v) is 26.8. The molecule has 2 rings (SSSR count). The van der Waals surface area contributed by atoms with Gasteiger partial charge in [0.25, 0.3) is 0 Å². The van der Waals surface area contributed by atoms with Gasteiger partial charge < -0.3 is 49.6 Å². The van der Waals surface area contributed by atoms with Gasteiger partial charge in [0.05, 0.1) is 43.7 Å². The Morgan fingerprint density at radius 2 is 1.41 bits per heavy atom. The zero-order valence-corrected chi connectivity index (χ0v) is 44.9. The largest absolute Gasteiger partial charge is 0.497 e. The molecule has 0 spiro atoms. The van der Waals surface area contributed by atoms with Crippen LogP contribution in [0.1, 0.15) is 210 Å². The smallest absolute Gasteiger partial charge is 0.331 e. The average molecular weight is 977 g/mol. The number of unbranched alkanes of at least 4 members (excludes halogenated alkanes) is 12. The number of fused-ring (bicyclic) bond motifs is 2. The molecule has 400 valence electrons. The third kappa shape index (κ3) is 22.8. The molecule has 0 aromatic carbocycles. The Kier molecular flexibility index (Phi) is 28.8. The highest BCUT2D eigenvalue weighted by Gasteiger charge is 2.52. The Labute approximate surface area is 418 Å². The molecular weight excluding hydrogens is 877 g/mol. The van der Waals surface area contributed by atoms with Crippen molar-refractivity contribution in [1.82, 2.24) is 0 Å². The molecule has 12 nitrogen and oxygen atoms in total. The maximum atomic E-state index is 13.1. The second kappa shape index (κ2) is 31.8. The first kappa shape index (κ1) is 62.5. The molecule has 0 saturated carbocycles. The molecule has 13 unspecified atom stereocenters. The van der Waals surface area contributed by atoms with Gasteiger partial charge in [-0.2, -0.15) is 0 Å². The number of methoxy groups -OCH3 is 1. The minimum absolute atomic E-state index is 0.0220. The fraction of sp³-hybridized carbons (Fsp3) is 0.825. The van der Waals surface area contributed by atoms with E-state index in [-0.39, 0.29) is 56.0 Å². The van der Waals surface area contributed by atoms with E-state index in [0.29, 0.717) is 49.0 Å². The number of aliphatic hydroxyl groups excluding tert-OH is 6. The van der Waals surface area contributed by atoms with Crippen LogP contribution < -0.4 is 0 Å². The summed E-state index contributed by atoms with van der Waals surface area (Å²) in [4.78, 5) is 26.2. The van der Waals surface area contributed by atoms with E-state index in [1.807, 2.05) is 6.92 Å². The molecule has 1 fully saturated rings. The van der Waals surface area contributed by atoms with Crippen molar-refractivity contribution < 1.29 is 59.2 Å². The van der Waals surface area contributed by atoms with E-state index in [0.717, 1.165) is 31.3 Å². The van der Waals surface area contributed by atoms with Crippen LogP contribution in [0.25, 0.3) is 0 Å². The predicted molar refractivity (Wildman–Crippen MR) is 275 cm³/mol. The Morgan fingerprint density at radius 1 is 0.855 bits per heavy atom. The van der Waals surface area contributed by atoms with Gasteiger partial charge in [-0.1, -0.05) is 149 Å². The van der Waals surface area contributed by atoms with Crippen LogP contribution in [-0.2, 0) is 28.5 Å². The van der Waals surface area contributed by atoms with Crippen molar-refractivity contribution in [2.75, 3.05) is 7.11 Å². The molecule has 2 aliphatic rings. The van der Waals surface area contributed by atoms with Crippen molar-refractivity contribution in [3.8, 4) is 0 Å². The lowest BCUT2D eigenvalue weighted by molar-refractivity contribution is -0.164. The SMILES string of the molecule is C=C(CC(CC(O)C(C)C(O)CC(O)C(C)(C)C(O)C/C(C)=C/C(O)C1(C)OC2CC(C)CC(O)CC(C)C/C(C)=C\C(=O)OC1C2)OC(=O)CCCCCCCCCCCCCCC)C(=C)OC. The standard InChI is InChI=1S/C57H100O12/c1-13-14-15-16-17-18-19-20-21-22-23-24-25-26-54(64)67-46(34-42(6)44(8)66-12)35-48(59)43(7)49(60)37-51(62)56(9,10)50(61)31-41(5)32-52(63)57(11)53-36-47(69-57)30-40(4)29-45(58)28-38(2)27-39(3)33-55(65)68-53/h32-33,38,40,43,45-53,58-63H,6,8,13-31,34-37H2,1-5,7,9-12H3/b39-33-,41-32+. The Balaban J connectivity index is 2.00. The van der Waals surface area contributed by atoms with E-state index in [1.54, 1.807) is 40.7 Å². The van der Waals surface area contributed by atoms with Crippen LogP contribution in [0.3, 0.4) is 0 Å². The molecule has 0 radical (unpaired) electrons. The number of carbonyl (C=O) groups is 2. The molecule has 6 N–H and O–H groups in total. The molecular formula is C57H100O12. The van der Waals surface area contributed by atoms with Gasteiger partial charge in [0.2, 0.25) is 0 Å². The molecule has 0 amide bonds. The maximum absolute atomic E-state index is 13.1. The lowest BCUT2D eigenvalue weighted by atomic mass is 9.75. The number of carbonyl (C=O) groups excluding carboxylic acids is 2. The Hall–Kier alpha value is -2.58. The molecule has 2 heterocycles. The molecule has 0 aromatic rings. The molecule has 12 heteroatoms. The number of allylic oxidation sites excluding steroid dienone is 2. The fourth-order valence-electron chi connectivity index (χ4n) is 10.2. The van der Waals surface area contributed by atoms with Crippen molar-refractivity contribution >= 4 is 11.9 Å². The van der Waals surface area contributed by atoms with Gasteiger partial charge in [0.1, 0.15) is 29.7 Å². The summed E-state index contributed by atoms with van der Waals surface area (Å²) >= 11 is 0. The number of hydrogen-bond acceptors (Lipinski definition) is 12. The summed E-state index contributed by atoms with van der Waals surface area (Å²) in [6.45, 7) is 24.7. The lowest BCUT2D eigenvalue weighted by Gasteiger charge is -2.38. The van der Waals surface area contributed by atoms with Crippen molar-refractivity contribution in [1.29, 1.82) is 0 Å². The molecule has 1 saturated heterocycles. The van der Waals surface area contributed by atoms with Crippen molar-refractivity contribution in [2.24, 2.45) is 23.2 Å². The van der Waals surface area contributed by atoms with Crippen LogP contribution in [-0.4, -0.2) is 110 Å². The number of aliphatic hydroxyl groups is 6. The highest BCUT2D eigenvalue weighted by atomic mass is 16.6. The first-order chi connectivity index (χ1) is 32.4. The van der Waals surface area contributed by atoms with Crippen LogP contribution in [0.15, 0.2) is 47.8 Å². The molecule has 0 aromatic heterocycles. The van der Waals surface area contributed by atoms with Gasteiger partial charge in [-0.3, -0.25) is 4.79 Å². The van der Waals surface area contributed by atoms with Crippen LogP contribution >= 0.6 is 0 Å². The zero-order chi connectivity index (χ0) is 51.9. The van der Waals surface area contributed by atoms with Crippen LogP contribution in [0.2, 0.25) is 0 Å². The normalized spacial score (nSPS) is 26.8. The van der Waals surface area contributed by atoms with Crippen LogP contribution in [0, 0.1) is 23.2 Å². The molecule has 2 bridgehead atoms. The zero-order valence-electron chi connectivity index (χ0n) is 44.9. The van der Waals surface area contributed by atoms with Gasteiger partial charge in [-0.05, 0) is 76.7 Å². The topological polar surface area (TPSA) is 192 Å². The van der Waals surface area contributed by atoms with Gasteiger partial charge in [-0.25, -0.2) is 4.79 Å². The van der Waals surface area contributed by atoms with Crippen molar-refractivity contribution in [3.63, 3.8) is 0 Å². The van der Waals surface area contributed by atoms with Gasteiger partial charge >= 0.3 is 11.9 Å². The Bertz CT molecular complexity index is 1590. The molecule has 2 aliphatic heterocycles. The van der Waals surface area contributed by atoms with Crippen LogP contribution in [0.5, 0.6) is 0 Å². The summed E-state index contributed by atoms with van der Waals surface area (Å²) in [5.74, 6) is -0.916. The predicted octanol–water partition coefficient (Wildman–Crippen LogP) is 10.7. The van der Waals surface area contributed by atoms with E-state index >= 15 is 0 Å². The number of hydrogen-bond donors (Lipinski definition) is 6. The second-order valence-corrected chi connectivity index (χ2v) is 22.4. The van der Waals surface area contributed by atoms with Gasteiger partial charge in [-0.15, -0.1) is 0 Å². The first-order valence-electron chi connectivity index (χ1n) is 26.8. The lowest BCUT2D eigenvalue weighted by Crippen LogP contribution is -2.48. The number of ether oxygens (including phenoxy) is 4. The van der Waals surface area contributed by atoms with Gasteiger partial charge in [0.15, 0.2) is 0 Å². The summed E-state index contributed by atoms with van der Waals surface area (Å²) in [7, 11) is 1.48. The monoisotopic (exact) mass is 977 g/mol. The number of esters is 2. The van der Waals surface area contributed by atoms with E-state index in [2.05, 4.69) is 33.9 Å². The summed E-state index contributed by atoms with van der Waals surface area (Å²) in [6.07, 6.45) is 14.0. The molecule has 13 atom stereocenters. The van der Waals surface area contributed by atoms with E-state index in [4.69, 9.17) is 18.9 Å². The molecule has 0 aliphatic carbocycles. The summed E-state index contributed by atoms with van der Waals surface area (Å²) in [5, 5.41) is 68.3. The number of rotatable bonds is 31. The second-order valence-electron chi connectivity index (χ2n) is 22.4. The minimum Gasteiger partial charge on any atom is -0.497 e. The minimum atomic E-state index is -1.29. The third-order valence-corrected chi connectivity index (χ3v) is 15.2. The van der Waals surface area contributed by atoms with E-state index < -0.39 is 71.7 Å². The van der Waals surface area contributed by atoms with E-state index in [9.17, 15) is 40.2 Å². The Morgan fingerprint density at radius 3 is 1.99 bits per heavy atom. The van der Waals surface area contributed by atoms with Crippen molar-refractivity contribution in [3.05, 3.63) is 47.8 Å². The highest BCUT2D eigenvalue weighted by molar-refractivity contribution is 5.83. The highest BCUT2D eigenvalue weighted by Crippen LogP contribution is 2.41. The van der Waals surface area contributed by atoms with E-state index in [1.165, 1.54) is 71.0 Å². The van der Waals surface area contributed by atoms with Crippen LogP contribution in [0.4, 0.5) is 0 Å². The summed E-state index contributed by atoms with van der Waals surface area (Å²) in [5.41, 5.74) is -0.410. The third-order valence-electron chi connectivity index (χ3n) is 15.2. The maximum Gasteiger partial charge on any atom is 0.331 e. The van der Waals surface area contributed by atoms with Gasteiger partial charge in [0, 0.05) is 49.5 Å². The summed E-state index contributed by atoms with van der Waals surface area (Å²) in [6, 6.07) is 0.